The summed E-state index contributed by atoms with van der Waals surface area (Å²) in [6, 6.07) is -0.745. The van der Waals surface area contributed by atoms with Crippen LogP contribution in [0, 0.1) is 0 Å². The molecule has 0 aromatic carbocycles. The number of aliphatic hydroxyl groups excluding tert-OH is 3. The summed E-state index contributed by atoms with van der Waals surface area (Å²) in [6.45, 7) is 1.29. The number of hydrogen-bond acceptors (Lipinski definition) is 7. The first kappa shape index (κ1) is 15.1. The van der Waals surface area contributed by atoms with Gasteiger partial charge in [-0.25, -0.2) is 4.79 Å². The van der Waals surface area contributed by atoms with E-state index in [0.29, 0.717) is 0 Å². The van der Waals surface area contributed by atoms with Crippen molar-refractivity contribution in [1.82, 2.24) is 10.2 Å². The minimum absolute atomic E-state index is 0.109. The molecule has 4 N–H and O–H groups in total. The molecule has 2 aliphatic heterocycles. The Bertz CT molecular complexity index is 402. The summed E-state index contributed by atoms with van der Waals surface area (Å²) >= 11 is 0. The number of nitrogens with zero attached hydrogens (tertiary/aromatic N) is 1. The summed E-state index contributed by atoms with van der Waals surface area (Å²) in [5.41, 5.74) is 0. The van der Waals surface area contributed by atoms with Gasteiger partial charge in [0.15, 0.2) is 12.3 Å². The molecule has 0 radical (unpaired) electrons. The van der Waals surface area contributed by atoms with Crippen LogP contribution in [0.15, 0.2) is 0 Å². The molecule has 9 heteroatoms. The van der Waals surface area contributed by atoms with E-state index in [2.05, 4.69) is 5.32 Å². The Hall–Kier alpha value is -1.26. The lowest BCUT2D eigenvalue weighted by molar-refractivity contribution is -0.141. The molecule has 2 fully saturated rings. The largest absolute Gasteiger partial charge is 0.391 e. The third-order valence-corrected chi connectivity index (χ3v) is 3.49. The van der Waals surface area contributed by atoms with Crippen molar-refractivity contribution in [3.05, 3.63) is 0 Å². The van der Waals surface area contributed by atoms with Crippen LogP contribution >= 0.6 is 0 Å². The molecule has 0 bridgehead atoms. The van der Waals surface area contributed by atoms with E-state index in [1.54, 1.807) is 0 Å². The zero-order chi connectivity index (χ0) is 15.0. The van der Waals surface area contributed by atoms with E-state index < -0.39 is 48.7 Å². The normalized spacial score (nSPS) is 39.9. The molecule has 114 valence electrons. The molecule has 2 rings (SSSR count). The summed E-state index contributed by atoms with van der Waals surface area (Å²) < 4.78 is 10.3. The molecular weight excluding hydrogens is 272 g/mol. The highest BCUT2D eigenvalue weighted by Gasteiger charge is 2.50. The third kappa shape index (κ3) is 2.50. The lowest BCUT2D eigenvalue weighted by Gasteiger charge is -2.35. The number of rotatable bonds is 3. The van der Waals surface area contributed by atoms with Gasteiger partial charge in [-0.05, 0) is 6.92 Å². The van der Waals surface area contributed by atoms with Gasteiger partial charge in [0.05, 0.1) is 12.6 Å². The fourth-order valence-corrected chi connectivity index (χ4v) is 2.35. The molecule has 9 nitrogen and oxygen atoms in total. The molecule has 0 aromatic rings. The maximum absolute atomic E-state index is 11.8. The number of methoxy groups -OCH3 is 1. The standard InChI is InChI=1S/C11H18N2O7/c1-4(14)8-6(15)7(16)10(20-8)13-3-5(19-2)9(17)12-11(13)18/h4-8,10,14-16H,3H2,1-2H3,(H,12,17,18)/t4?,5?,6?,7?,8-,10-/m1/s1. The fourth-order valence-electron chi connectivity index (χ4n) is 2.35. The van der Waals surface area contributed by atoms with Crippen LogP contribution in [0.1, 0.15) is 6.92 Å². The Morgan fingerprint density at radius 1 is 1.40 bits per heavy atom. The average Bonchev–Trinajstić information content (AvgIpc) is 2.67. The van der Waals surface area contributed by atoms with Gasteiger partial charge < -0.3 is 24.8 Å². The number of ether oxygens (including phenoxy) is 2. The highest BCUT2D eigenvalue weighted by Crippen LogP contribution is 2.27. The second-order valence-corrected chi connectivity index (χ2v) is 4.88. The number of urea groups is 1. The van der Waals surface area contributed by atoms with Gasteiger partial charge in [0.25, 0.3) is 5.91 Å². The first-order valence-electron chi connectivity index (χ1n) is 6.20. The van der Waals surface area contributed by atoms with Crippen molar-refractivity contribution in [2.45, 2.75) is 43.7 Å². The van der Waals surface area contributed by atoms with Crippen molar-refractivity contribution < 1.29 is 34.4 Å². The molecule has 0 spiro atoms. The van der Waals surface area contributed by atoms with Crippen molar-refractivity contribution >= 4 is 11.9 Å². The van der Waals surface area contributed by atoms with Crippen LogP contribution in [0.3, 0.4) is 0 Å². The molecule has 0 aliphatic carbocycles. The maximum atomic E-state index is 11.8. The molecule has 0 aromatic heterocycles. The highest BCUT2D eigenvalue weighted by atomic mass is 16.6. The van der Waals surface area contributed by atoms with Gasteiger partial charge in [-0.3, -0.25) is 15.0 Å². The number of carbonyl (C=O) groups excluding carboxylic acids is 2. The summed E-state index contributed by atoms with van der Waals surface area (Å²) in [6.07, 6.45) is -6.78. The van der Waals surface area contributed by atoms with E-state index in [4.69, 9.17) is 9.47 Å². The van der Waals surface area contributed by atoms with Gasteiger partial charge in [0, 0.05) is 7.11 Å². The molecule has 2 saturated heterocycles. The predicted molar refractivity (Wildman–Crippen MR) is 63.4 cm³/mol. The topological polar surface area (TPSA) is 129 Å². The number of nitrogens with one attached hydrogen (secondary N) is 1. The van der Waals surface area contributed by atoms with Crippen LogP contribution in [-0.2, 0) is 14.3 Å². The van der Waals surface area contributed by atoms with Crippen LogP contribution < -0.4 is 5.32 Å². The Kier molecular flexibility index (Phi) is 4.25. The van der Waals surface area contributed by atoms with E-state index in [0.717, 1.165) is 4.90 Å². The summed E-state index contributed by atoms with van der Waals surface area (Å²) in [4.78, 5) is 24.3. The van der Waals surface area contributed by atoms with Crippen molar-refractivity contribution in [1.29, 1.82) is 0 Å². The number of carbonyl (C=O) groups is 2. The van der Waals surface area contributed by atoms with E-state index in [1.165, 1.54) is 14.0 Å². The minimum Gasteiger partial charge on any atom is -0.391 e. The molecular formula is C11H18N2O7. The summed E-state index contributed by atoms with van der Waals surface area (Å²) in [5, 5.41) is 31.3. The van der Waals surface area contributed by atoms with E-state index in [9.17, 15) is 24.9 Å². The first-order chi connectivity index (χ1) is 9.36. The zero-order valence-corrected chi connectivity index (χ0v) is 11.1. The number of amides is 3. The van der Waals surface area contributed by atoms with Crippen molar-refractivity contribution in [2.75, 3.05) is 13.7 Å². The van der Waals surface area contributed by atoms with Crippen LogP contribution in [0.4, 0.5) is 4.79 Å². The smallest absolute Gasteiger partial charge is 0.326 e. The minimum atomic E-state index is -1.38. The Labute approximate surface area is 115 Å². The lowest BCUT2D eigenvalue weighted by Crippen LogP contribution is -2.62. The Morgan fingerprint density at radius 3 is 2.55 bits per heavy atom. The number of hydrogen-bond donors (Lipinski definition) is 4. The van der Waals surface area contributed by atoms with Crippen molar-refractivity contribution in [2.24, 2.45) is 0 Å². The van der Waals surface area contributed by atoms with Crippen LogP contribution in [0.2, 0.25) is 0 Å². The summed E-state index contributed by atoms with van der Waals surface area (Å²) in [7, 11) is 1.32. The van der Waals surface area contributed by atoms with Crippen molar-refractivity contribution in [3.8, 4) is 0 Å². The molecule has 2 aliphatic rings. The van der Waals surface area contributed by atoms with Gasteiger partial charge in [-0.15, -0.1) is 0 Å². The monoisotopic (exact) mass is 290 g/mol. The number of imide groups is 1. The zero-order valence-electron chi connectivity index (χ0n) is 11.1. The summed E-state index contributed by atoms with van der Waals surface area (Å²) in [5.74, 6) is -0.575. The average molecular weight is 290 g/mol. The SMILES string of the molecule is COC1CN([C@@H]2O[C@H](C(C)O)C(O)C2O)C(=O)NC1=O. The molecule has 3 amide bonds. The molecule has 20 heavy (non-hydrogen) atoms. The van der Waals surface area contributed by atoms with Gasteiger partial charge >= 0.3 is 6.03 Å². The van der Waals surface area contributed by atoms with Gasteiger partial charge in [0.2, 0.25) is 0 Å². The highest BCUT2D eigenvalue weighted by molar-refractivity contribution is 5.99. The van der Waals surface area contributed by atoms with E-state index >= 15 is 0 Å². The van der Waals surface area contributed by atoms with Gasteiger partial charge in [0.1, 0.15) is 18.3 Å². The number of aliphatic hydroxyl groups is 3. The molecule has 4 unspecified atom stereocenters. The fraction of sp³-hybridized carbons (Fsp3) is 0.818. The predicted octanol–water partition coefficient (Wildman–Crippen LogP) is -2.62. The van der Waals surface area contributed by atoms with Gasteiger partial charge in [-0.2, -0.15) is 0 Å². The van der Waals surface area contributed by atoms with Crippen LogP contribution in [0.5, 0.6) is 0 Å². The quantitative estimate of drug-likeness (QED) is 0.448. The second-order valence-electron chi connectivity index (χ2n) is 4.88. The van der Waals surface area contributed by atoms with E-state index in [1.807, 2.05) is 0 Å². The third-order valence-electron chi connectivity index (χ3n) is 3.49. The Balaban J connectivity index is 2.14. The van der Waals surface area contributed by atoms with Gasteiger partial charge in [-0.1, -0.05) is 0 Å². The molecule has 2 heterocycles. The van der Waals surface area contributed by atoms with E-state index in [-0.39, 0.29) is 6.54 Å². The van der Waals surface area contributed by atoms with Crippen LogP contribution in [0.25, 0.3) is 0 Å². The second kappa shape index (κ2) is 5.62. The molecule has 0 saturated carbocycles. The molecule has 6 atom stereocenters. The van der Waals surface area contributed by atoms with Crippen molar-refractivity contribution in [3.63, 3.8) is 0 Å². The van der Waals surface area contributed by atoms with Crippen LogP contribution in [-0.4, -0.2) is 82.6 Å². The maximum Gasteiger partial charge on any atom is 0.326 e. The Morgan fingerprint density at radius 2 is 2.05 bits per heavy atom. The lowest BCUT2D eigenvalue weighted by atomic mass is 10.1. The first-order valence-corrected chi connectivity index (χ1v) is 6.20.